The molecular weight excluding hydrogens is 328 g/mol. The zero-order chi connectivity index (χ0) is 18.4. The van der Waals surface area contributed by atoms with E-state index in [1.165, 1.54) is 0 Å². The zero-order valence-corrected chi connectivity index (χ0v) is 14.9. The number of hydrogen-bond acceptors (Lipinski definition) is 3. The van der Waals surface area contributed by atoms with Crippen LogP contribution in [-0.4, -0.2) is 35.4 Å². The third-order valence-electron chi connectivity index (χ3n) is 4.56. The molecule has 0 unspecified atom stereocenters. The molecule has 0 radical (unpaired) electrons. The highest BCUT2D eigenvalue weighted by Gasteiger charge is 2.39. The maximum atomic E-state index is 12.9. The second-order valence-electron chi connectivity index (χ2n) is 6.44. The van der Waals surface area contributed by atoms with Gasteiger partial charge in [0, 0.05) is 6.54 Å². The van der Waals surface area contributed by atoms with E-state index in [0.29, 0.717) is 19.6 Å². The molecule has 0 bridgehead atoms. The summed E-state index contributed by atoms with van der Waals surface area (Å²) >= 11 is 0. The van der Waals surface area contributed by atoms with Gasteiger partial charge in [0.05, 0.1) is 13.2 Å². The van der Waals surface area contributed by atoms with Crippen LogP contribution in [0.5, 0.6) is 0 Å². The molecule has 1 aliphatic heterocycles. The molecule has 5 heteroatoms. The number of carbonyl (C=O) groups excluding carboxylic acids is 2. The van der Waals surface area contributed by atoms with Gasteiger partial charge in [0.1, 0.15) is 12.1 Å². The van der Waals surface area contributed by atoms with Crippen molar-refractivity contribution in [1.82, 2.24) is 10.2 Å². The van der Waals surface area contributed by atoms with Crippen LogP contribution in [-0.2, 0) is 27.5 Å². The van der Waals surface area contributed by atoms with Crippen molar-refractivity contribution in [1.29, 1.82) is 0 Å². The van der Waals surface area contributed by atoms with Crippen LogP contribution < -0.4 is 5.32 Å². The van der Waals surface area contributed by atoms with Crippen molar-refractivity contribution in [2.45, 2.75) is 38.6 Å². The van der Waals surface area contributed by atoms with E-state index in [2.05, 4.69) is 5.32 Å². The number of piperazine rings is 1. The predicted octanol–water partition coefficient (Wildman–Crippen LogP) is 2.51. The topological polar surface area (TPSA) is 58.6 Å². The Bertz CT molecular complexity index is 733. The fourth-order valence-electron chi connectivity index (χ4n) is 3.18. The third kappa shape index (κ3) is 4.29. The molecule has 0 spiro atoms. The van der Waals surface area contributed by atoms with Gasteiger partial charge in [0.25, 0.3) is 0 Å². The number of nitrogens with one attached hydrogen (secondary N) is 1. The summed E-state index contributed by atoms with van der Waals surface area (Å²) in [6, 6.07) is 18.4. The van der Waals surface area contributed by atoms with Gasteiger partial charge >= 0.3 is 0 Å². The van der Waals surface area contributed by atoms with Crippen molar-refractivity contribution < 1.29 is 14.3 Å². The number of rotatable bonds is 7. The number of hydrogen-bond donors (Lipinski definition) is 1. The van der Waals surface area contributed by atoms with Crippen molar-refractivity contribution in [2.24, 2.45) is 0 Å². The Hall–Kier alpha value is -2.66. The summed E-state index contributed by atoms with van der Waals surface area (Å²) in [4.78, 5) is 27.0. The van der Waals surface area contributed by atoms with E-state index in [1.54, 1.807) is 4.90 Å². The van der Waals surface area contributed by atoms with Crippen molar-refractivity contribution in [2.75, 3.05) is 6.61 Å². The lowest BCUT2D eigenvalue weighted by molar-refractivity contribution is -0.152. The van der Waals surface area contributed by atoms with Crippen molar-refractivity contribution in [3.05, 3.63) is 71.8 Å². The van der Waals surface area contributed by atoms with Crippen LogP contribution in [0, 0.1) is 0 Å². The third-order valence-corrected chi connectivity index (χ3v) is 4.56. The Morgan fingerprint density at radius 2 is 1.58 bits per heavy atom. The SMILES string of the molecule is CC[C@@H]1C(=O)N[C@@H](COCc2ccccc2)C(=O)N1Cc1ccccc1. The van der Waals surface area contributed by atoms with Crippen molar-refractivity contribution >= 4 is 11.8 Å². The Morgan fingerprint density at radius 1 is 0.962 bits per heavy atom. The Balaban J connectivity index is 1.65. The average Bonchev–Trinajstić information content (AvgIpc) is 2.67. The quantitative estimate of drug-likeness (QED) is 0.833. The lowest BCUT2D eigenvalue weighted by atomic mass is 10.0. The summed E-state index contributed by atoms with van der Waals surface area (Å²) < 4.78 is 5.68. The van der Waals surface area contributed by atoms with Crippen LogP contribution in [0.1, 0.15) is 24.5 Å². The first-order chi connectivity index (χ1) is 12.7. The monoisotopic (exact) mass is 352 g/mol. The first kappa shape index (κ1) is 18.1. The molecule has 0 saturated carbocycles. The Morgan fingerprint density at radius 3 is 2.19 bits per heavy atom. The van der Waals surface area contributed by atoms with Gasteiger partial charge in [-0.25, -0.2) is 0 Å². The van der Waals surface area contributed by atoms with Crippen LogP contribution in [0.2, 0.25) is 0 Å². The van der Waals surface area contributed by atoms with E-state index in [0.717, 1.165) is 11.1 Å². The van der Waals surface area contributed by atoms with Crippen LogP contribution in [0.15, 0.2) is 60.7 Å². The van der Waals surface area contributed by atoms with E-state index in [1.807, 2.05) is 67.6 Å². The van der Waals surface area contributed by atoms with Crippen molar-refractivity contribution in [3.63, 3.8) is 0 Å². The molecule has 2 aromatic rings. The minimum absolute atomic E-state index is 0.0895. The molecule has 2 atom stereocenters. The second kappa shape index (κ2) is 8.63. The first-order valence-corrected chi connectivity index (χ1v) is 8.95. The minimum atomic E-state index is -0.641. The van der Waals surface area contributed by atoms with Gasteiger partial charge in [0.2, 0.25) is 11.8 Å². The molecule has 3 rings (SSSR count). The van der Waals surface area contributed by atoms with Gasteiger partial charge in [-0.1, -0.05) is 67.6 Å². The van der Waals surface area contributed by atoms with E-state index < -0.39 is 12.1 Å². The highest BCUT2D eigenvalue weighted by molar-refractivity contribution is 5.97. The van der Waals surface area contributed by atoms with Gasteiger partial charge in [-0.05, 0) is 17.5 Å². The number of carbonyl (C=O) groups is 2. The maximum absolute atomic E-state index is 12.9. The molecular formula is C21H24N2O3. The number of benzene rings is 2. The molecule has 1 aliphatic rings. The minimum Gasteiger partial charge on any atom is -0.374 e. The fraction of sp³-hybridized carbons (Fsp3) is 0.333. The maximum Gasteiger partial charge on any atom is 0.248 e. The highest BCUT2D eigenvalue weighted by Crippen LogP contribution is 2.17. The van der Waals surface area contributed by atoms with Crippen LogP contribution in [0.4, 0.5) is 0 Å². The summed E-state index contributed by atoms with van der Waals surface area (Å²) in [5.74, 6) is -0.204. The first-order valence-electron chi connectivity index (χ1n) is 8.95. The van der Waals surface area contributed by atoms with E-state index in [4.69, 9.17) is 4.74 Å². The largest absolute Gasteiger partial charge is 0.374 e. The summed E-state index contributed by atoms with van der Waals surface area (Å²) in [7, 11) is 0. The molecule has 1 heterocycles. The van der Waals surface area contributed by atoms with Crippen LogP contribution in [0.3, 0.4) is 0 Å². The summed E-state index contributed by atoms with van der Waals surface area (Å²) in [6.45, 7) is 2.93. The zero-order valence-electron chi connectivity index (χ0n) is 14.9. The van der Waals surface area contributed by atoms with Gasteiger partial charge in [-0.2, -0.15) is 0 Å². The molecule has 1 fully saturated rings. The lowest BCUT2D eigenvalue weighted by Crippen LogP contribution is -2.63. The van der Waals surface area contributed by atoms with Crippen LogP contribution in [0.25, 0.3) is 0 Å². The average molecular weight is 352 g/mol. The Labute approximate surface area is 154 Å². The predicted molar refractivity (Wildman–Crippen MR) is 99.1 cm³/mol. The second-order valence-corrected chi connectivity index (χ2v) is 6.44. The lowest BCUT2D eigenvalue weighted by Gasteiger charge is -2.38. The molecule has 2 amide bonds. The number of amides is 2. The number of nitrogens with zero attached hydrogens (tertiary/aromatic N) is 1. The van der Waals surface area contributed by atoms with Crippen molar-refractivity contribution in [3.8, 4) is 0 Å². The normalized spacial score (nSPS) is 20.1. The highest BCUT2D eigenvalue weighted by atomic mass is 16.5. The van der Waals surface area contributed by atoms with Gasteiger partial charge in [0.15, 0.2) is 0 Å². The molecule has 136 valence electrons. The molecule has 1 N–H and O–H groups in total. The summed E-state index contributed by atoms with van der Waals surface area (Å²) in [5, 5.41) is 2.81. The molecule has 2 aromatic carbocycles. The Kier molecular flexibility index (Phi) is 6.02. The van der Waals surface area contributed by atoms with Gasteiger partial charge < -0.3 is 15.0 Å². The van der Waals surface area contributed by atoms with E-state index in [-0.39, 0.29) is 18.4 Å². The molecule has 5 nitrogen and oxygen atoms in total. The smallest absolute Gasteiger partial charge is 0.248 e. The van der Waals surface area contributed by atoms with E-state index >= 15 is 0 Å². The molecule has 0 aromatic heterocycles. The summed E-state index contributed by atoms with van der Waals surface area (Å²) in [6.07, 6.45) is 0.585. The molecule has 1 saturated heterocycles. The van der Waals surface area contributed by atoms with Crippen LogP contribution >= 0.6 is 0 Å². The van der Waals surface area contributed by atoms with Gasteiger partial charge in [-0.15, -0.1) is 0 Å². The van der Waals surface area contributed by atoms with Gasteiger partial charge in [-0.3, -0.25) is 9.59 Å². The summed E-state index contributed by atoms with van der Waals surface area (Å²) in [5.41, 5.74) is 2.05. The fourth-order valence-corrected chi connectivity index (χ4v) is 3.18. The van der Waals surface area contributed by atoms with E-state index in [9.17, 15) is 9.59 Å². The molecule has 0 aliphatic carbocycles. The molecule has 26 heavy (non-hydrogen) atoms. The number of ether oxygens (including phenoxy) is 1. The standard InChI is InChI=1S/C21H24N2O3/c1-2-19-20(24)22-18(15-26-14-17-11-7-4-8-12-17)21(25)23(19)13-16-9-5-3-6-10-16/h3-12,18-19H,2,13-15H2,1H3,(H,22,24)/t18-,19+/m0/s1.